The number of carbonyl (C=O) groups is 2. The highest BCUT2D eigenvalue weighted by molar-refractivity contribution is 5.84. The van der Waals surface area contributed by atoms with Crippen molar-refractivity contribution in [2.45, 2.75) is 59.1 Å². The Balaban J connectivity index is 2.13. The highest BCUT2D eigenvalue weighted by Crippen LogP contribution is 2.33. The van der Waals surface area contributed by atoms with Gasteiger partial charge in [0.05, 0.1) is 19.3 Å². The minimum Gasteiger partial charge on any atom is -0.436 e. The van der Waals surface area contributed by atoms with E-state index in [1.807, 2.05) is 6.92 Å². The summed E-state index contributed by atoms with van der Waals surface area (Å²) in [5.74, 6) is -0.0910. The summed E-state index contributed by atoms with van der Waals surface area (Å²) in [6.45, 7) is 14.3. The zero-order valence-corrected chi connectivity index (χ0v) is 18.5. The number of amides is 2. The zero-order valence-electron chi connectivity index (χ0n) is 18.5. The quantitative estimate of drug-likeness (QED) is 0.692. The fourth-order valence-electron chi connectivity index (χ4n) is 3.54. The summed E-state index contributed by atoms with van der Waals surface area (Å²) in [6, 6.07) is 2.29. The van der Waals surface area contributed by atoms with E-state index >= 15 is 0 Å². The van der Waals surface area contributed by atoms with Crippen LogP contribution in [0.2, 0.25) is 0 Å². The Morgan fingerprint density at radius 2 is 1.93 bits per heavy atom. The van der Waals surface area contributed by atoms with Crippen molar-refractivity contribution < 1.29 is 19.1 Å². The van der Waals surface area contributed by atoms with Gasteiger partial charge in [-0.05, 0) is 30.7 Å². The average Bonchev–Trinajstić information content (AvgIpc) is 3.11. The number of rotatable bonds is 7. The molecule has 0 saturated carbocycles. The number of morpholine rings is 1. The largest absolute Gasteiger partial charge is 0.436 e. The number of hydrogen-bond acceptors (Lipinski definition) is 6. The second kappa shape index (κ2) is 9.77. The Morgan fingerprint density at radius 1 is 1.28 bits per heavy atom. The molecular formula is C21H36N4O4. The summed E-state index contributed by atoms with van der Waals surface area (Å²) in [6.07, 6.45) is -0.476. The first-order valence-corrected chi connectivity index (χ1v) is 10.6. The molecule has 164 valence electrons. The van der Waals surface area contributed by atoms with Crippen LogP contribution in [-0.2, 0) is 14.3 Å². The van der Waals surface area contributed by atoms with Crippen molar-refractivity contribution in [3.63, 3.8) is 0 Å². The Morgan fingerprint density at radius 3 is 2.45 bits per heavy atom. The number of hydrogen-bond donors (Lipinski definition) is 1. The average molecular weight is 409 g/mol. The molecule has 0 spiro atoms. The summed E-state index contributed by atoms with van der Waals surface area (Å²) >= 11 is 0. The Labute approximate surface area is 174 Å². The van der Waals surface area contributed by atoms with Gasteiger partial charge in [0.25, 0.3) is 5.91 Å². The Bertz CT molecular complexity index is 625. The molecule has 8 heteroatoms. The van der Waals surface area contributed by atoms with Gasteiger partial charge in [0.2, 0.25) is 0 Å². The molecule has 2 aliphatic heterocycles. The van der Waals surface area contributed by atoms with Gasteiger partial charge in [0.15, 0.2) is 6.10 Å². The van der Waals surface area contributed by atoms with Gasteiger partial charge in [-0.3, -0.25) is 4.79 Å². The minimum atomic E-state index is -0.941. The minimum absolute atomic E-state index is 0.210. The summed E-state index contributed by atoms with van der Waals surface area (Å²) < 4.78 is 11.0. The highest BCUT2D eigenvalue weighted by atomic mass is 16.6. The van der Waals surface area contributed by atoms with Gasteiger partial charge in [-0.1, -0.05) is 34.6 Å². The molecule has 2 unspecified atom stereocenters. The van der Waals surface area contributed by atoms with Gasteiger partial charge in [0.1, 0.15) is 5.54 Å². The van der Waals surface area contributed by atoms with Gasteiger partial charge in [-0.25, -0.2) is 4.79 Å². The standard InChI is InChI=1S/C21H36N4O4/c1-6-24-8-7-21(14-22,15-24)23-18(26)17(13-20(4,5)16(2)3)29-19(27)25-9-11-28-12-10-25/h16-17H,6-13,15H2,1-5H3,(H,23,26). The molecule has 1 N–H and O–H groups in total. The van der Waals surface area contributed by atoms with E-state index in [0.717, 1.165) is 13.1 Å². The second-order valence-corrected chi connectivity index (χ2v) is 9.12. The third kappa shape index (κ3) is 6.06. The van der Waals surface area contributed by atoms with E-state index in [-0.39, 0.29) is 11.3 Å². The molecule has 2 aliphatic rings. The predicted molar refractivity (Wildman–Crippen MR) is 109 cm³/mol. The van der Waals surface area contributed by atoms with Crippen LogP contribution in [0.25, 0.3) is 0 Å². The molecule has 2 atom stereocenters. The van der Waals surface area contributed by atoms with Gasteiger partial charge < -0.3 is 24.6 Å². The Kier molecular flexibility index (Phi) is 7.89. The topological polar surface area (TPSA) is 94.9 Å². The van der Waals surface area contributed by atoms with E-state index in [0.29, 0.717) is 51.6 Å². The number of likely N-dealkylation sites (tertiary alicyclic amines) is 1. The lowest BCUT2D eigenvalue weighted by molar-refractivity contribution is -0.133. The van der Waals surface area contributed by atoms with E-state index in [9.17, 15) is 14.9 Å². The molecule has 2 amide bonds. The third-order valence-electron chi connectivity index (χ3n) is 6.45. The third-order valence-corrected chi connectivity index (χ3v) is 6.45. The number of carbonyl (C=O) groups excluding carboxylic acids is 2. The second-order valence-electron chi connectivity index (χ2n) is 9.12. The zero-order chi connectivity index (χ0) is 21.7. The number of nitriles is 1. The van der Waals surface area contributed by atoms with Crippen molar-refractivity contribution >= 4 is 12.0 Å². The first-order valence-electron chi connectivity index (χ1n) is 10.6. The van der Waals surface area contributed by atoms with Crippen molar-refractivity contribution in [3.05, 3.63) is 0 Å². The fraction of sp³-hybridized carbons (Fsp3) is 0.857. The molecule has 29 heavy (non-hydrogen) atoms. The van der Waals surface area contributed by atoms with Crippen LogP contribution < -0.4 is 5.32 Å². The molecule has 0 aliphatic carbocycles. The van der Waals surface area contributed by atoms with Crippen molar-refractivity contribution in [1.29, 1.82) is 5.26 Å². The van der Waals surface area contributed by atoms with Gasteiger partial charge in [-0.15, -0.1) is 0 Å². The molecule has 0 aromatic rings. The van der Waals surface area contributed by atoms with E-state index in [1.165, 1.54) is 0 Å². The first-order chi connectivity index (χ1) is 13.6. The summed E-state index contributed by atoms with van der Waals surface area (Å²) in [4.78, 5) is 29.5. The van der Waals surface area contributed by atoms with Crippen molar-refractivity contribution in [3.8, 4) is 6.07 Å². The molecule has 0 aromatic carbocycles. The maximum Gasteiger partial charge on any atom is 0.410 e. The first kappa shape index (κ1) is 23.4. The van der Waals surface area contributed by atoms with Crippen LogP contribution in [0.3, 0.4) is 0 Å². The number of ether oxygens (including phenoxy) is 2. The molecular weight excluding hydrogens is 372 g/mol. The maximum absolute atomic E-state index is 13.2. The molecule has 0 aromatic heterocycles. The molecule has 2 rings (SSSR count). The summed E-state index contributed by atoms with van der Waals surface area (Å²) in [7, 11) is 0. The van der Waals surface area contributed by atoms with E-state index < -0.39 is 17.7 Å². The van der Waals surface area contributed by atoms with Crippen LogP contribution in [0, 0.1) is 22.7 Å². The van der Waals surface area contributed by atoms with Crippen LogP contribution in [-0.4, -0.2) is 79.4 Å². The lowest BCUT2D eigenvalue weighted by Crippen LogP contribution is -2.54. The molecule has 2 fully saturated rings. The molecule has 2 saturated heterocycles. The van der Waals surface area contributed by atoms with Crippen LogP contribution in [0.1, 0.15) is 47.5 Å². The molecule has 8 nitrogen and oxygen atoms in total. The summed E-state index contributed by atoms with van der Waals surface area (Å²) in [5, 5.41) is 12.7. The Hall–Kier alpha value is -1.85. The van der Waals surface area contributed by atoms with Crippen molar-refractivity contribution in [2.24, 2.45) is 11.3 Å². The van der Waals surface area contributed by atoms with Crippen LogP contribution in [0.15, 0.2) is 0 Å². The van der Waals surface area contributed by atoms with Gasteiger partial charge in [0, 0.05) is 26.2 Å². The number of likely N-dealkylation sites (N-methyl/N-ethyl adjacent to an activating group) is 1. The van der Waals surface area contributed by atoms with Crippen LogP contribution in [0.4, 0.5) is 4.79 Å². The predicted octanol–water partition coefficient (Wildman–Crippen LogP) is 2.00. The lowest BCUT2D eigenvalue weighted by Gasteiger charge is -2.35. The lowest BCUT2D eigenvalue weighted by atomic mass is 9.76. The van der Waals surface area contributed by atoms with E-state index in [2.05, 4.69) is 44.0 Å². The molecule has 0 radical (unpaired) electrons. The van der Waals surface area contributed by atoms with Crippen molar-refractivity contribution in [2.75, 3.05) is 45.9 Å². The molecule has 2 heterocycles. The van der Waals surface area contributed by atoms with Crippen LogP contribution in [0.5, 0.6) is 0 Å². The fourth-order valence-corrected chi connectivity index (χ4v) is 3.54. The monoisotopic (exact) mass is 408 g/mol. The van der Waals surface area contributed by atoms with E-state index in [4.69, 9.17) is 9.47 Å². The van der Waals surface area contributed by atoms with Crippen LogP contribution >= 0.6 is 0 Å². The summed E-state index contributed by atoms with van der Waals surface area (Å²) in [5.41, 5.74) is -1.14. The number of nitrogens with zero attached hydrogens (tertiary/aromatic N) is 3. The molecule has 0 bridgehead atoms. The smallest absolute Gasteiger partial charge is 0.410 e. The normalized spacial score (nSPS) is 24.2. The van der Waals surface area contributed by atoms with Gasteiger partial charge >= 0.3 is 6.09 Å². The van der Waals surface area contributed by atoms with Gasteiger partial charge in [-0.2, -0.15) is 5.26 Å². The highest BCUT2D eigenvalue weighted by Gasteiger charge is 2.42. The van der Waals surface area contributed by atoms with E-state index in [1.54, 1.807) is 4.90 Å². The van der Waals surface area contributed by atoms with Crippen molar-refractivity contribution in [1.82, 2.24) is 15.1 Å². The SMILES string of the molecule is CCN1CCC(C#N)(NC(=O)C(CC(C)(C)C(C)C)OC(=O)N2CCOCC2)C1. The maximum atomic E-state index is 13.2. The number of nitrogens with one attached hydrogen (secondary N) is 1.